The van der Waals surface area contributed by atoms with Crippen LogP contribution in [0.25, 0.3) is 0 Å². The van der Waals surface area contributed by atoms with Crippen LogP contribution < -0.4 is 9.47 Å². The second-order valence-corrected chi connectivity index (χ2v) is 6.88. The van der Waals surface area contributed by atoms with Crippen molar-refractivity contribution in [3.05, 3.63) is 95.8 Å². The molecule has 1 aliphatic rings. The van der Waals surface area contributed by atoms with Crippen molar-refractivity contribution < 1.29 is 23.3 Å². The highest BCUT2D eigenvalue weighted by Crippen LogP contribution is 2.36. The SMILES string of the molecule is Fc1cccc2c1O[C@H](COCc1ccccc1)[C@@H](COCc1ccccc1)O2. The second-order valence-electron chi connectivity index (χ2n) is 6.88. The van der Waals surface area contributed by atoms with Crippen molar-refractivity contribution in [2.24, 2.45) is 0 Å². The number of para-hydroxylation sites is 1. The lowest BCUT2D eigenvalue weighted by atomic mass is 10.1. The van der Waals surface area contributed by atoms with E-state index in [1.165, 1.54) is 6.07 Å². The molecule has 0 fully saturated rings. The number of rotatable bonds is 8. The smallest absolute Gasteiger partial charge is 0.197 e. The van der Waals surface area contributed by atoms with Crippen LogP contribution in [0.2, 0.25) is 0 Å². The van der Waals surface area contributed by atoms with E-state index in [2.05, 4.69) is 0 Å². The van der Waals surface area contributed by atoms with E-state index >= 15 is 0 Å². The van der Waals surface area contributed by atoms with Gasteiger partial charge in [0.05, 0.1) is 26.4 Å². The van der Waals surface area contributed by atoms with E-state index in [0.717, 1.165) is 11.1 Å². The molecule has 3 aromatic carbocycles. The minimum Gasteiger partial charge on any atom is -0.480 e. The summed E-state index contributed by atoms with van der Waals surface area (Å²) >= 11 is 0. The van der Waals surface area contributed by atoms with Gasteiger partial charge in [0.1, 0.15) is 0 Å². The number of benzene rings is 3. The van der Waals surface area contributed by atoms with E-state index in [4.69, 9.17) is 18.9 Å². The first-order valence-corrected chi connectivity index (χ1v) is 9.65. The molecule has 0 saturated heterocycles. The molecule has 4 nitrogen and oxygen atoms in total. The van der Waals surface area contributed by atoms with Gasteiger partial charge in [0, 0.05) is 0 Å². The van der Waals surface area contributed by atoms with Crippen LogP contribution in [-0.2, 0) is 22.7 Å². The van der Waals surface area contributed by atoms with Gasteiger partial charge in [-0.15, -0.1) is 0 Å². The molecule has 0 amide bonds. The molecule has 0 saturated carbocycles. The van der Waals surface area contributed by atoms with Crippen LogP contribution in [0.3, 0.4) is 0 Å². The maximum Gasteiger partial charge on any atom is 0.197 e. The lowest BCUT2D eigenvalue weighted by molar-refractivity contribution is -0.0731. The molecular weight excluding hydrogens is 371 g/mol. The van der Waals surface area contributed by atoms with Gasteiger partial charge in [0.2, 0.25) is 0 Å². The molecule has 0 radical (unpaired) electrons. The van der Waals surface area contributed by atoms with E-state index in [1.54, 1.807) is 12.1 Å². The fraction of sp³-hybridized carbons (Fsp3) is 0.250. The van der Waals surface area contributed by atoms with Gasteiger partial charge in [-0.1, -0.05) is 66.7 Å². The summed E-state index contributed by atoms with van der Waals surface area (Å²) in [5.74, 6) is 0.0666. The van der Waals surface area contributed by atoms with E-state index in [0.29, 0.717) is 25.6 Å². The standard InChI is InChI=1S/C24H23FO4/c25-20-12-7-13-21-24(20)29-23(17-27-15-19-10-5-2-6-11-19)22(28-21)16-26-14-18-8-3-1-4-9-18/h1-13,22-23H,14-17H2/t22-,23-/m1/s1. The van der Waals surface area contributed by atoms with Crippen LogP contribution in [0.5, 0.6) is 11.5 Å². The van der Waals surface area contributed by atoms with Gasteiger partial charge < -0.3 is 18.9 Å². The van der Waals surface area contributed by atoms with Gasteiger partial charge in [-0.2, -0.15) is 0 Å². The predicted octanol–water partition coefficient (Wildman–Crippen LogP) is 4.77. The number of fused-ring (bicyclic) bond motifs is 1. The van der Waals surface area contributed by atoms with Crippen molar-refractivity contribution in [1.82, 2.24) is 0 Å². The van der Waals surface area contributed by atoms with Gasteiger partial charge >= 0.3 is 0 Å². The van der Waals surface area contributed by atoms with Crippen LogP contribution in [0.1, 0.15) is 11.1 Å². The summed E-state index contributed by atoms with van der Waals surface area (Å²) in [5, 5.41) is 0. The highest BCUT2D eigenvalue weighted by atomic mass is 19.1. The number of ether oxygens (including phenoxy) is 4. The lowest BCUT2D eigenvalue weighted by Gasteiger charge is -2.33. The zero-order valence-corrected chi connectivity index (χ0v) is 16.0. The number of hydrogen-bond acceptors (Lipinski definition) is 4. The van der Waals surface area contributed by atoms with Crippen LogP contribution in [0.15, 0.2) is 78.9 Å². The normalized spacial score (nSPS) is 17.8. The minimum absolute atomic E-state index is 0.125. The Bertz CT molecular complexity index is 901. The third-order valence-electron chi connectivity index (χ3n) is 4.68. The summed E-state index contributed by atoms with van der Waals surface area (Å²) in [6.07, 6.45) is -0.873. The zero-order chi connectivity index (χ0) is 19.9. The summed E-state index contributed by atoms with van der Waals surface area (Å²) in [6.45, 7) is 1.49. The minimum atomic E-state index is -0.473. The van der Waals surface area contributed by atoms with E-state index < -0.39 is 18.0 Å². The maximum atomic E-state index is 14.2. The maximum absolute atomic E-state index is 14.2. The molecule has 0 aliphatic carbocycles. The zero-order valence-electron chi connectivity index (χ0n) is 16.0. The first-order chi connectivity index (χ1) is 14.3. The summed E-state index contributed by atoms with van der Waals surface area (Å²) in [7, 11) is 0. The van der Waals surface area contributed by atoms with Crippen molar-refractivity contribution in [1.29, 1.82) is 0 Å². The first kappa shape index (κ1) is 19.4. The van der Waals surface area contributed by atoms with E-state index in [-0.39, 0.29) is 12.4 Å². The fourth-order valence-electron chi connectivity index (χ4n) is 3.18. The third kappa shape index (κ3) is 5.13. The van der Waals surface area contributed by atoms with Gasteiger partial charge in [-0.3, -0.25) is 0 Å². The largest absolute Gasteiger partial charge is 0.480 e. The third-order valence-corrected chi connectivity index (χ3v) is 4.68. The monoisotopic (exact) mass is 394 g/mol. The average Bonchev–Trinajstić information content (AvgIpc) is 2.76. The highest BCUT2D eigenvalue weighted by molar-refractivity contribution is 5.42. The topological polar surface area (TPSA) is 36.9 Å². The molecule has 29 heavy (non-hydrogen) atoms. The molecule has 1 heterocycles. The summed E-state index contributed by atoms with van der Waals surface area (Å²) in [4.78, 5) is 0. The summed E-state index contributed by atoms with van der Waals surface area (Å²) in [6, 6.07) is 24.4. The Balaban J connectivity index is 1.39. The quantitative estimate of drug-likeness (QED) is 0.552. The molecule has 0 N–H and O–H groups in total. The molecule has 150 valence electrons. The first-order valence-electron chi connectivity index (χ1n) is 9.65. The van der Waals surface area contributed by atoms with Gasteiger partial charge in [-0.25, -0.2) is 4.39 Å². The molecule has 3 aromatic rings. The predicted molar refractivity (Wildman–Crippen MR) is 107 cm³/mol. The molecule has 2 atom stereocenters. The van der Waals surface area contributed by atoms with Crippen LogP contribution in [0, 0.1) is 5.82 Å². The Kier molecular flexibility index (Phi) is 6.39. The van der Waals surface area contributed by atoms with Crippen molar-refractivity contribution in [3.8, 4) is 11.5 Å². The Morgan fingerprint density at radius 2 is 1.21 bits per heavy atom. The fourth-order valence-corrected chi connectivity index (χ4v) is 3.18. The van der Waals surface area contributed by atoms with Crippen LogP contribution in [-0.4, -0.2) is 25.4 Å². The van der Waals surface area contributed by atoms with Gasteiger partial charge in [0.25, 0.3) is 0 Å². The molecule has 0 bridgehead atoms. The Hall–Kier alpha value is -2.89. The molecule has 0 spiro atoms. The number of halogens is 1. The molecular formula is C24H23FO4. The lowest BCUT2D eigenvalue weighted by Crippen LogP contribution is -2.46. The molecule has 4 rings (SSSR count). The van der Waals surface area contributed by atoms with Crippen molar-refractivity contribution >= 4 is 0 Å². The van der Waals surface area contributed by atoms with Crippen LogP contribution >= 0.6 is 0 Å². The number of hydrogen-bond donors (Lipinski definition) is 0. The van der Waals surface area contributed by atoms with E-state index in [9.17, 15) is 4.39 Å². The highest BCUT2D eigenvalue weighted by Gasteiger charge is 2.33. The van der Waals surface area contributed by atoms with E-state index in [1.807, 2.05) is 60.7 Å². The van der Waals surface area contributed by atoms with Crippen molar-refractivity contribution in [2.45, 2.75) is 25.4 Å². The second kappa shape index (κ2) is 9.54. The molecule has 5 heteroatoms. The van der Waals surface area contributed by atoms with Crippen LogP contribution in [0.4, 0.5) is 4.39 Å². The van der Waals surface area contributed by atoms with Crippen molar-refractivity contribution in [3.63, 3.8) is 0 Å². The molecule has 0 aromatic heterocycles. The average molecular weight is 394 g/mol. The van der Waals surface area contributed by atoms with Crippen molar-refractivity contribution in [2.75, 3.05) is 13.2 Å². The van der Waals surface area contributed by atoms with Gasteiger partial charge in [-0.05, 0) is 23.3 Å². The Morgan fingerprint density at radius 1 is 0.655 bits per heavy atom. The van der Waals surface area contributed by atoms with Gasteiger partial charge in [0.15, 0.2) is 29.5 Å². The Labute approximate surface area is 169 Å². The summed E-state index contributed by atoms with van der Waals surface area (Å²) < 4.78 is 37.7. The Morgan fingerprint density at radius 3 is 1.79 bits per heavy atom. The summed E-state index contributed by atoms with van der Waals surface area (Å²) in [5.41, 5.74) is 2.14. The molecule has 0 unspecified atom stereocenters. The molecule has 1 aliphatic heterocycles.